The largest absolute Gasteiger partial charge is 0.373 e. The molecule has 0 saturated carbocycles. The van der Waals surface area contributed by atoms with E-state index in [4.69, 9.17) is 9.26 Å². The van der Waals surface area contributed by atoms with Crippen molar-refractivity contribution in [2.24, 2.45) is 0 Å². The predicted molar refractivity (Wildman–Crippen MR) is 118 cm³/mol. The van der Waals surface area contributed by atoms with E-state index in [-0.39, 0.29) is 23.0 Å². The fourth-order valence-corrected chi connectivity index (χ4v) is 5.16. The average molecular weight is 457 g/mol. The van der Waals surface area contributed by atoms with E-state index < -0.39 is 10.0 Å². The Kier molecular flexibility index (Phi) is 6.09. The van der Waals surface area contributed by atoms with E-state index >= 15 is 0 Å². The topological polar surface area (TPSA) is 115 Å². The molecule has 1 aliphatic rings. The van der Waals surface area contributed by atoms with Crippen LogP contribution in [0.2, 0.25) is 0 Å². The van der Waals surface area contributed by atoms with Gasteiger partial charge in [0.2, 0.25) is 10.0 Å². The SMILES string of the molecule is Cc1noc(-c2ccc(C(=O)Nc3ccc(S(=O)(=O)N4CC(C)OC(C)C4)cc3)cc2)n1. The third kappa shape index (κ3) is 4.72. The number of hydrogen-bond acceptors (Lipinski definition) is 7. The third-order valence-corrected chi connectivity index (χ3v) is 6.90. The number of hydrogen-bond donors (Lipinski definition) is 1. The zero-order valence-electron chi connectivity index (χ0n) is 18.0. The molecule has 1 fully saturated rings. The molecule has 2 aromatic carbocycles. The number of benzene rings is 2. The van der Waals surface area contributed by atoms with E-state index in [2.05, 4.69) is 15.5 Å². The Morgan fingerprint density at radius 2 is 1.66 bits per heavy atom. The standard InChI is InChI=1S/C22H24N4O5S/c1-14-12-26(13-15(2)30-14)32(28,29)20-10-8-19(9-11-20)24-21(27)17-4-6-18(7-5-17)22-23-16(3)25-31-22/h4-11,14-15H,12-13H2,1-3H3,(H,24,27). The number of carbonyl (C=O) groups is 1. The van der Waals surface area contributed by atoms with E-state index in [0.717, 1.165) is 0 Å². The summed E-state index contributed by atoms with van der Waals surface area (Å²) in [6.45, 7) is 6.06. The van der Waals surface area contributed by atoms with Crippen LogP contribution in [0.4, 0.5) is 5.69 Å². The van der Waals surface area contributed by atoms with Crippen LogP contribution in [0.15, 0.2) is 57.9 Å². The first kappa shape index (κ1) is 22.1. The maximum atomic E-state index is 12.9. The van der Waals surface area contributed by atoms with Gasteiger partial charge in [-0.15, -0.1) is 0 Å². The number of nitrogens with zero attached hydrogens (tertiary/aromatic N) is 3. The fraction of sp³-hybridized carbons (Fsp3) is 0.318. The van der Waals surface area contributed by atoms with Gasteiger partial charge in [0.15, 0.2) is 5.82 Å². The van der Waals surface area contributed by atoms with Crippen LogP contribution in [0.25, 0.3) is 11.5 Å². The normalized spacial score (nSPS) is 19.6. The molecule has 0 radical (unpaired) electrons. The lowest BCUT2D eigenvalue weighted by molar-refractivity contribution is -0.0440. The van der Waals surface area contributed by atoms with Gasteiger partial charge in [0.05, 0.1) is 17.1 Å². The van der Waals surface area contributed by atoms with Crippen LogP contribution in [0.1, 0.15) is 30.0 Å². The second-order valence-corrected chi connectivity index (χ2v) is 9.72. The van der Waals surface area contributed by atoms with Gasteiger partial charge in [0.1, 0.15) is 0 Å². The summed E-state index contributed by atoms with van der Waals surface area (Å²) in [6.07, 6.45) is -0.329. The Bertz CT molecular complexity index is 1200. The molecule has 1 aliphatic heterocycles. The lowest BCUT2D eigenvalue weighted by atomic mass is 10.1. The first-order valence-electron chi connectivity index (χ1n) is 10.2. The second-order valence-electron chi connectivity index (χ2n) is 7.78. The van der Waals surface area contributed by atoms with E-state index in [1.807, 2.05) is 13.8 Å². The zero-order valence-corrected chi connectivity index (χ0v) is 18.8. The third-order valence-electron chi connectivity index (χ3n) is 5.06. The van der Waals surface area contributed by atoms with Gasteiger partial charge in [-0.1, -0.05) is 5.16 Å². The van der Waals surface area contributed by atoms with Gasteiger partial charge in [0.25, 0.3) is 11.8 Å². The summed E-state index contributed by atoms with van der Waals surface area (Å²) in [7, 11) is -3.63. The summed E-state index contributed by atoms with van der Waals surface area (Å²) in [5.41, 5.74) is 1.65. The highest BCUT2D eigenvalue weighted by molar-refractivity contribution is 7.89. The molecule has 3 aromatic rings. The van der Waals surface area contributed by atoms with E-state index in [1.54, 1.807) is 43.3 Å². The molecule has 1 aromatic heterocycles. The van der Waals surface area contributed by atoms with Gasteiger partial charge in [-0.3, -0.25) is 4.79 Å². The molecular weight excluding hydrogens is 432 g/mol. The minimum atomic E-state index is -3.63. The van der Waals surface area contributed by atoms with Crippen molar-refractivity contribution < 1.29 is 22.5 Å². The van der Waals surface area contributed by atoms with Crippen molar-refractivity contribution in [2.75, 3.05) is 18.4 Å². The molecule has 2 heterocycles. The van der Waals surface area contributed by atoms with Crippen molar-refractivity contribution >= 4 is 21.6 Å². The number of sulfonamides is 1. The molecule has 10 heteroatoms. The highest BCUT2D eigenvalue weighted by Gasteiger charge is 2.32. The van der Waals surface area contributed by atoms with Crippen molar-refractivity contribution in [1.82, 2.24) is 14.4 Å². The molecule has 2 atom stereocenters. The van der Waals surface area contributed by atoms with Crippen LogP contribution in [-0.4, -0.2) is 54.1 Å². The van der Waals surface area contributed by atoms with Crippen molar-refractivity contribution in [3.63, 3.8) is 0 Å². The molecule has 2 unspecified atom stereocenters. The summed E-state index contributed by atoms with van der Waals surface area (Å²) >= 11 is 0. The van der Waals surface area contributed by atoms with Gasteiger partial charge >= 0.3 is 0 Å². The maximum Gasteiger partial charge on any atom is 0.257 e. The zero-order chi connectivity index (χ0) is 22.9. The number of morpholine rings is 1. The number of amides is 1. The Hall–Kier alpha value is -3.08. The number of carbonyl (C=O) groups excluding carboxylic acids is 1. The molecule has 9 nitrogen and oxygen atoms in total. The van der Waals surface area contributed by atoms with Gasteiger partial charge in [0, 0.05) is 29.9 Å². The van der Waals surface area contributed by atoms with Crippen LogP contribution >= 0.6 is 0 Å². The molecule has 1 amide bonds. The summed E-state index contributed by atoms with van der Waals surface area (Å²) in [6, 6.07) is 12.9. The minimum absolute atomic E-state index is 0.165. The minimum Gasteiger partial charge on any atom is -0.373 e. The monoisotopic (exact) mass is 456 g/mol. The average Bonchev–Trinajstić information content (AvgIpc) is 3.20. The highest BCUT2D eigenvalue weighted by Crippen LogP contribution is 2.23. The van der Waals surface area contributed by atoms with Crippen LogP contribution in [0.5, 0.6) is 0 Å². The number of aryl methyl sites for hydroxylation is 1. The van der Waals surface area contributed by atoms with Crippen molar-refractivity contribution in [3.8, 4) is 11.5 Å². The van der Waals surface area contributed by atoms with E-state index in [1.165, 1.54) is 16.4 Å². The highest BCUT2D eigenvalue weighted by atomic mass is 32.2. The molecule has 168 valence electrons. The Labute approximate surface area is 186 Å². The quantitative estimate of drug-likeness (QED) is 0.627. The number of rotatable bonds is 5. The molecule has 0 spiro atoms. The Balaban J connectivity index is 1.43. The Morgan fingerprint density at radius 1 is 1.03 bits per heavy atom. The van der Waals surface area contributed by atoms with Gasteiger partial charge in [-0.2, -0.15) is 9.29 Å². The summed E-state index contributed by atoms with van der Waals surface area (Å²) < 4.78 is 38.1. The van der Waals surface area contributed by atoms with Crippen LogP contribution in [0.3, 0.4) is 0 Å². The lowest BCUT2D eigenvalue weighted by Gasteiger charge is -2.34. The van der Waals surface area contributed by atoms with Crippen LogP contribution in [-0.2, 0) is 14.8 Å². The summed E-state index contributed by atoms with van der Waals surface area (Å²) in [5, 5.41) is 6.53. The first-order valence-corrected chi connectivity index (χ1v) is 11.6. The van der Waals surface area contributed by atoms with Crippen molar-refractivity contribution in [1.29, 1.82) is 0 Å². The van der Waals surface area contributed by atoms with Crippen molar-refractivity contribution in [2.45, 2.75) is 37.9 Å². The molecular formula is C22H24N4O5S. The van der Waals surface area contributed by atoms with E-state index in [0.29, 0.717) is 41.6 Å². The number of aromatic nitrogens is 2. The smallest absolute Gasteiger partial charge is 0.257 e. The molecule has 0 bridgehead atoms. The fourth-order valence-electron chi connectivity index (χ4n) is 3.57. The van der Waals surface area contributed by atoms with E-state index in [9.17, 15) is 13.2 Å². The van der Waals surface area contributed by atoms with Crippen LogP contribution < -0.4 is 5.32 Å². The van der Waals surface area contributed by atoms with Crippen LogP contribution in [0, 0.1) is 6.92 Å². The molecule has 1 N–H and O–H groups in total. The van der Waals surface area contributed by atoms with Gasteiger partial charge < -0.3 is 14.6 Å². The number of ether oxygens (including phenoxy) is 1. The lowest BCUT2D eigenvalue weighted by Crippen LogP contribution is -2.48. The number of anilines is 1. The maximum absolute atomic E-state index is 12.9. The summed E-state index contributed by atoms with van der Waals surface area (Å²) in [4.78, 5) is 16.9. The predicted octanol–water partition coefficient (Wildman–Crippen LogP) is 3.10. The van der Waals surface area contributed by atoms with Gasteiger partial charge in [-0.25, -0.2) is 8.42 Å². The first-order chi connectivity index (χ1) is 15.2. The van der Waals surface area contributed by atoms with Crippen molar-refractivity contribution in [3.05, 3.63) is 59.9 Å². The molecule has 4 rings (SSSR count). The molecule has 1 saturated heterocycles. The second kappa shape index (κ2) is 8.81. The molecule has 32 heavy (non-hydrogen) atoms. The van der Waals surface area contributed by atoms with Gasteiger partial charge in [-0.05, 0) is 69.3 Å². The Morgan fingerprint density at radius 3 is 2.22 bits per heavy atom. The summed E-state index contributed by atoms with van der Waals surface area (Å²) in [5.74, 6) is 0.602. The number of nitrogens with one attached hydrogen (secondary N) is 1. The molecule has 0 aliphatic carbocycles.